The third kappa shape index (κ3) is 2.21. The van der Waals surface area contributed by atoms with E-state index in [2.05, 4.69) is 30.5 Å². The van der Waals surface area contributed by atoms with Crippen LogP contribution in [0.2, 0.25) is 0 Å². The van der Waals surface area contributed by atoms with Gasteiger partial charge in [-0.1, -0.05) is 6.92 Å². The van der Waals surface area contributed by atoms with Crippen LogP contribution in [0.3, 0.4) is 0 Å². The normalized spacial score (nSPS) is 21.5. The van der Waals surface area contributed by atoms with Crippen LogP contribution in [0.1, 0.15) is 24.5 Å². The van der Waals surface area contributed by atoms with E-state index in [0.29, 0.717) is 13.2 Å². The summed E-state index contributed by atoms with van der Waals surface area (Å²) in [6.07, 6.45) is 8.12. The van der Waals surface area contributed by atoms with E-state index >= 15 is 0 Å². The van der Waals surface area contributed by atoms with E-state index < -0.39 is 0 Å². The Kier molecular flexibility index (Phi) is 3.23. The Morgan fingerprint density at radius 2 is 2.18 bits per heavy atom. The molecule has 8 nitrogen and oxygen atoms in total. The molecule has 0 unspecified atom stereocenters. The van der Waals surface area contributed by atoms with Crippen LogP contribution in [0, 0.1) is 0 Å². The molecule has 3 aromatic heterocycles. The Balaban J connectivity index is 1.60. The number of nitrogens with zero attached hydrogens (tertiary/aromatic N) is 5. The van der Waals surface area contributed by atoms with Crippen molar-refractivity contribution in [3.8, 4) is 0 Å². The first-order chi connectivity index (χ1) is 10.8. The van der Waals surface area contributed by atoms with Gasteiger partial charge < -0.3 is 14.5 Å². The predicted molar refractivity (Wildman–Crippen MR) is 79.7 cm³/mol. The molecule has 1 fully saturated rings. The predicted octanol–water partition coefficient (Wildman–Crippen LogP) is 1.00. The second kappa shape index (κ2) is 5.38. The molecule has 4 heterocycles. The molecule has 0 bridgehead atoms. The van der Waals surface area contributed by atoms with Crippen molar-refractivity contribution in [1.82, 2.24) is 29.5 Å². The Bertz CT molecular complexity index is 780. The average Bonchev–Trinajstić information content (AvgIpc) is 3.27. The summed E-state index contributed by atoms with van der Waals surface area (Å²) >= 11 is 0. The van der Waals surface area contributed by atoms with Gasteiger partial charge in [-0.05, 0) is 0 Å². The largest absolute Gasteiger partial charge is 0.378 e. The number of fused-ring (bicyclic) bond motifs is 1. The first-order valence-electron chi connectivity index (χ1n) is 7.38. The number of aryl methyl sites for hydroxylation is 1. The van der Waals surface area contributed by atoms with E-state index in [-0.39, 0.29) is 12.0 Å². The van der Waals surface area contributed by atoms with E-state index in [4.69, 9.17) is 4.74 Å². The highest BCUT2D eigenvalue weighted by Crippen LogP contribution is 2.26. The molecule has 0 aromatic carbocycles. The lowest BCUT2D eigenvalue weighted by atomic mass is 10.0. The maximum atomic E-state index is 5.62. The van der Waals surface area contributed by atoms with Crippen molar-refractivity contribution in [3.05, 3.63) is 36.4 Å². The second-order valence-electron chi connectivity index (χ2n) is 5.32. The fraction of sp³-hybridized carbons (Fsp3) is 0.429. The first kappa shape index (κ1) is 13.2. The minimum atomic E-state index is 0.0795. The van der Waals surface area contributed by atoms with Gasteiger partial charge in [0, 0.05) is 31.2 Å². The van der Waals surface area contributed by atoms with Crippen molar-refractivity contribution >= 4 is 11.5 Å². The Labute approximate surface area is 127 Å². The number of imidazole rings is 1. The van der Waals surface area contributed by atoms with Crippen molar-refractivity contribution in [2.75, 3.05) is 18.5 Å². The molecule has 1 aliphatic heterocycles. The van der Waals surface area contributed by atoms with Crippen LogP contribution in [0.25, 0.3) is 5.65 Å². The highest BCUT2D eigenvalue weighted by atomic mass is 16.5. The molecule has 2 atom stereocenters. The third-order valence-corrected chi connectivity index (χ3v) is 3.93. The summed E-state index contributed by atoms with van der Waals surface area (Å²) in [5.74, 6) is 2.55. The minimum Gasteiger partial charge on any atom is -0.378 e. The molecule has 3 aromatic rings. The van der Waals surface area contributed by atoms with Gasteiger partial charge in [0.15, 0.2) is 17.3 Å². The molecule has 114 valence electrons. The molecule has 2 N–H and O–H groups in total. The highest BCUT2D eigenvalue weighted by Gasteiger charge is 2.33. The molecule has 22 heavy (non-hydrogen) atoms. The van der Waals surface area contributed by atoms with Crippen molar-refractivity contribution in [1.29, 1.82) is 0 Å². The van der Waals surface area contributed by atoms with E-state index in [1.807, 2.05) is 23.7 Å². The summed E-state index contributed by atoms with van der Waals surface area (Å²) in [5.41, 5.74) is 0.803. The Morgan fingerprint density at radius 1 is 1.32 bits per heavy atom. The van der Waals surface area contributed by atoms with Gasteiger partial charge in [0.25, 0.3) is 0 Å². The second-order valence-corrected chi connectivity index (χ2v) is 5.32. The fourth-order valence-electron chi connectivity index (χ4n) is 2.72. The number of anilines is 1. The van der Waals surface area contributed by atoms with Crippen LogP contribution < -0.4 is 5.32 Å². The fourth-order valence-corrected chi connectivity index (χ4v) is 2.72. The standard InChI is InChI=1S/C14H17N7O/c1-2-11-18-12(20-19-11)9-7-22-8-10(9)17-13-14-16-4-6-21(14)5-3-15-13/h3-6,9-10H,2,7-8H2,1H3,(H,15,17)(H,18,19,20)/t9-,10+/m1/s1. The van der Waals surface area contributed by atoms with E-state index in [1.165, 1.54) is 0 Å². The number of H-pyrrole nitrogens is 1. The monoisotopic (exact) mass is 299 g/mol. The highest BCUT2D eigenvalue weighted by molar-refractivity contribution is 5.62. The quantitative estimate of drug-likeness (QED) is 0.746. The lowest BCUT2D eigenvalue weighted by Crippen LogP contribution is -2.28. The zero-order chi connectivity index (χ0) is 14.9. The maximum absolute atomic E-state index is 5.62. The SMILES string of the molecule is CCc1nc([C@@H]2COC[C@@H]2Nc2nccn3ccnc23)n[nH]1. The number of aromatic nitrogens is 6. The molecule has 8 heteroatoms. The molecule has 0 amide bonds. The van der Waals surface area contributed by atoms with Crippen LogP contribution in [0.4, 0.5) is 5.82 Å². The Hall–Kier alpha value is -2.48. The van der Waals surface area contributed by atoms with Gasteiger partial charge in [0.05, 0.1) is 25.2 Å². The molecule has 0 spiro atoms. The van der Waals surface area contributed by atoms with Crippen LogP contribution in [0.5, 0.6) is 0 Å². The van der Waals surface area contributed by atoms with Crippen LogP contribution >= 0.6 is 0 Å². The van der Waals surface area contributed by atoms with E-state index in [0.717, 1.165) is 29.5 Å². The summed E-state index contributed by atoms with van der Waals surface area (Å²) in [6, 6.07) is 0.0795. The molecule has 0 radical (unpaired) electrons. The van der Waals surface area contributed by atoms with Crippen LogP contribution in [-0.2, 0) is 11.2 Å². The number of hydrogen-bond acceptors (Lipinski definition) is 6. The molecule has 0 saturated carbocycles. The van der Waals surface area contributed by atoms with Gasteiger partial charge in [-0.15, -0.1) is 0 Å². The lowest BCUT2D eigenvalue weighted by molar-refractivity contribution is 0.191. The van der Waals surface area contributed by atoms with Crippen molar-refractivity contribution in [2.45, 2.75) is 25.3 Å². The van der Waals surface area contributed by atoms with Crippen molar-refractivity contribution in [2.24, 2.45) is 0 Å². The van der Waals surface area contributed by atoms with Gasteiger partial charge in [0.2, 0.25) is 0 Å². The summed E-state index contributed by atoms with van der Waals surface area (Å²) in [5, 5.41) is 10.7. The zero-order valence-electron chi connectivity index (χ0n) is 12.2. The number of rotatable bonds is 4. The van der Waals surface area contributed by atoms with E-state index in [1.54, 1.807) is 12.4 Å². The summed E-state index contributed by atoms with van der Waals surface area (Å²) in [6.45, 7) is 3.26. The van der Waals surface area contributed by atoms with Gasteiger partial charge in [-0.2, -0.15) is 5.10 Å². The van der Waals surface area contributed by atoms with E-state index in [9.17, 15) is 0 Å². The lowest BCUT2D eigenvalue weighted by Gasteiger charge is -2.17. The molecule has 4 rings (SSSR count). The van der Waals surface area contributed by atoms with Crippen LogP contribution in [-0.4, -0.2) is 48.8 Å². The number of aromatic amines is 1. The van der Waals surface area contributed by atoms with Gasteiger partial charge in [0.1, 0.15) is 5.82 Å². The molecule has 1 aliphatic rings. The molecular weight excluding hydrogens is 282 g/mol. The molecular formula is C14H17N7O. The summed E-state index contributed by atoms with van der Waals surface area (Å²) in [4.78, 5) is 13.3. The van der Waals surface area contributed by atoms with Crippen molar-refractivity contribution < 1.29 is 4.74 Å². The Morgan fingerprint density at radius 3 is 3.00 bits per heavy atom. The summed E-state index contributed by atoms with van der Waals surface area (Å²) in [7, 11) is 0. The number of nitrogens with one attached hydrogen (secondary N) is 2. The first-order valence-corrected chi connectivity index (χ1v) is 7.38. The van der Waals surface area contributed by atoms with Gasteiger partial charge >= 0.3 is 0 Å². The zero-order valence-corrected chi connectivity index (χ0v) is 12.2. The third-order valence-electron chi connectivity index (χ3n) is 3.93. The van der Waals surface area contributed by atoms with Gasteiger partial charge in [-0.3, -0.25) is 5.10 Å². The molecule has 1 saturated heterocycles. The summed E-state index contributed by atoms with van der Waals surface area (Å²) < 4.78 is 7.55. The average molecular weight is 299 g/mol. The van der Waals surface area contributed by atoms with Crippen LogP contribution in [0.15, 0.2) is 24.8 Å². The van der Waals surface area contributed by atoms with Gasteiger partial charge in [-0.25, -0.2) is 15.0 Å². The topological polar surface area (TPSA) is 93.0 Å². The minimum absolute atomic E-state index is 0.0795. The molecule has 0 aliphatic carbocycles. The number of ether oxygens (including phenoxy) is 1. The maximum Gasteiger partial charge on any atom is 0.180 e. The number of hydrogen-bond donors (Lipinski definition) is 2. The smallest absolute Gasteiger partial charge is 0.180 e. The van der Waals surface area contributed by atoms with Crippen molar-refractivity contribution in [3.63, 3.8) is 0 Å².